The largest absolute Gasteiger partial charge is 0.467 e. The highest BCUT2D eigenvalue weighted by Crippen LogP contribution is 2.38. The Balaban J connectivity index is 1.44. The first-order valence-electron chi connectivity index (χ1n) is 10.8. The smallest absolute Gasteiger partial charge is 0.170 e. The topological polar surface area (TPSA) is 58.7 Å². The van der Waals surface area contributed by atoms with Crippen LogP contribution in [0.4, 0.5) is 0 Å². The first kappa shape index (κ1) is 20.2. The molecular weight excluding hydrogens is 410 g/mol. The van der Waals surface area contributed by atoms with E-state index in [4.69, 9.17) is 21.4 Å². The van der Waals surface area contributed by atoms with Gasteiger partial charge in [0, 0.05) is 44.3 Å². The van der Waals surface area contributed by atoms with Gasteiger partial charge < -0.3 is 23.9 Å². The van der Waals surface area contributed by atoms with Crippen molar-refractivity contribution in [3.8, 4) is 0 Å². The number of thiocarbonyl (C=S) groups is 1. The van der Waals surface area contributed by atoms with Crippen LogP contribution in [0.2, 0.25) is 0 Å². The van der Waals surface area contributed by atoms with Crippen LogP contribution in [0.15, 0.2) is 65.5 Å². The lowest BCUT2D eigenvalue weighted by Crippen LogP contribution is -2.42. The molecule has 0 amide bonds. The lowest BCUT2D eigenvalue weighted by molar-refractivity contribution is 0.0349. The molecule has 2 atom stereocenters. The Morgan fingerprint density at radius 2 is 1.97 bits per heavy atom. The molecule has 5 rings (SSSR count). The number of pyridine rings is 1. The van der Waals surface area contributed by atoms with Crippen LogP contribution < -0.4 is 5.32 Å². The van der Waals surface area contributed by atoms with Gasteiger partial charge in [0.05, 0.1) is 43.8 Å². The molecule has 162 valence electrons. The van der Waals surface area contributed by atoms with E-state index in [0.717, 1.165) is 56.0 Å². The van der Waals surface area contributed by atoms with Crippen LogP contribution in [-0.2, 0) is 11.3 Å². The summed E-state index contributed by atoms with van der Waals surface area (Å²) in [5.41, 5.74) is 2.19. The maximum atomic E-state index is 5.81. The van der Waals surface area contributed by atoms with Gasteiger partial charge in [-0.15, -0.1) is 0 Å². The zero-order valence-corrected chi connectivity index (χ0v) is 18.2. The van der Waals surface area contributed by atoms with Gasteiger partial charge in [0.25, 0.3) is 0 Å². The first-order valence-corrected chi connectivity index (χ1v) is 11.2. The summed E-state index contributed by atoms with van der Waals surface area (Å²) in [5, 5.41) is 4.32. The van der Waals surface area contributed by atoms with Crippen molar-refractivity contribution >= 4 is 17.3 Å². The van der Waals surface area contributed by atoms with Crippen LogP contribution in [0.5, 0.6) is 0 Å². The highest BCUT2D eigenvalue weighted by molar-refractivity contribution is 7.80. The van der Waals surface area contributed by atoms with Gasteiger partial charge in [0.2, 0.25) is 0 Å². The molecule has 0 aliphatic carbocycles. The number of morpholine rings is 1. The summed E-state index contributed by atoms with van der Waals surface area (Å²) >= 11 is 5.81. The van der Waals surface area contributed by atoms with E-state index in [9.17, 15) is 0 Å². The van der Waals surface area contributed by atoms with Gasteiger partial charge in [0.15, 0.2) is 5.11 Å². The average molecular weight is 438 g/mol. The molecule has 5 heterocycles. The lowest BCUT2D eigenvalue weighted by atomic mass is 10.0. The van der Waals surface area contributed by atoms with E-state index in [2.05, 4.69) is 49.1 Å². The van der Waals surface area contributed by atoms with Gasteiger partial charge in [-0.25, -0.2) is 0 Å². The van der Waals surface area contributed by atoms with Crippen molar-refractivity contribution in [2.45, 2.75) is 18.6 Å². The maximum absolute atomic E-state index is 5.81. The average Bonchev–Trinajstić information content (AvgIpc) is 3.55. The second kappa shape index (κ2) is 9.21. The van der Waals surface area contributed by atoms with E-state index >= 15 is 0 Å². The van der Waals surface area contributed by atoms with E-state index in [0.29, 0.717) is 6.54 Å². The van der Waals surface area contributed by atoms with Crippen molar-refractivity contribution in [1.82, 2.24) is 24.7 Å². The van der Waals surface area contributed by atoms with Crippen LogP contribution in [0.1, 0.15) is 29.2 Å². The highest BCUT2D eigenvalue weighted by atomic mass is 32.1. The summed E-state index contributed by atoms with van der Waals surface area (Å²) in [4.78, 5) is 9.40. The van der Waals surface area contributed by atoms with E-state index in [-0.39, 0.29) is 12.1 Å². The number of nitrogens with one attached hydrogen (secondary N) is 1. The Kier molecular flexibility index (Phi) is 6.01. The van der Waals surface area contributed by atoms with Crippen molar-refractivity contribution in [2.75, 3.05) is 39.4 Å². The minimum Gasteiger partial charge on any atom is -0.467 e. The van der Waals surface area contributed by atoms with Crippen molar-refractivity contribution in [3.05, 3.63) is 78.3 Å². The Labute approximate surface area is 187 Å². The number of furan rings is 1. The quantitative estimate of drug-likeness (QED) is 0.571. The monoisotopic (exact) mass is 437 g/mol. The van der Waals surface area contributed by atoms with Gasteiger partial charge in [-0.05, 0) is 48.6 Å². The minimum absolute atomic E-state index is 0.0105. The van der Waals surface area contributed by atoms with Crippen LogP contribution in [0.25, 0.3) is 0 Å². The van der Waals surface area contributed by atoms with Crippen molar-refractivity contribution in [3.63, 3.8) is 0 Å². The predicted octanol–water partition coefficient (Wildman–Crippen LogP) is 2.83. The summed E-state index contributed by atoms with van der Waals surface area (Å²) < 4.78 is 13.4. The zero-order chi connectivity index (χ0) is 21.0. The lowest BCUT2D eigenvalue weighted by Gasteiger charge is -2.32. The third kappa shape index (κ3) is 4.37. The van der Waals surface area contributed by atoms with Gasteiger partial charge in [-0.1, -0.05) is 6.07 Å². The fraction of sp³-hybridized carbons (Fsp3) is 0.391. The van der Waals surface area contributed by atoms with Gasteiger partial charge in [0.1, 0.15) is 5.76 Å². The molecule has 7 nitrogen and oxygen atoms in total. The molecular formula is C23H27N5O2S. The van der Waals surface area contributed by atoms with Crippen molar-refractivity contribution in [1.29, 1.82) is 0 Å². The molecule has 0 unspecified atom stereocenters. The molecule has 0 aromatic carbocycles. The van der Waals surface area contributed by atoms with Crippen LogP contribution in [0.3, 0.4) is 0 Å². The molecule has 8 heteroatoms. The van der Waals surface area contributed by atoms with Crippen LogP contribution in [0, 0.1) is 0 Å². The summed E-state index contributed by atoms with van der Waals surface area (Å²) in [6.07, 6.45) is 5.67. The number of hydrogen-bond donors (Lipinski definition) is 1. The van der Waals surface area contributed by atoms with Crippen LogP contribution in [-0.4, -0.2) is 63.9 Å². The van der Waals surface area contributed by atoms with Crippen LogP contribution >= 0.6 is 12.2 Å². The Morgan fingerprint density at radius 3 is 2.74 bits per heavy atom. The van der Waals surface area contributed by atoms with Gasteiger partial charge in [-0.2, -0.15) is 0 Å². The molecule has 1 N–H and O–H groups in total. The third-order valence-electron chi connectivity index (χ3n) is 6.03. The molecule has 0 radical (unpaired) electrons. The summed E-state index contributed by atoms with van der Waals surface area (Å²) in [6, 6.07) is 14.3. The minimum atomic E-state index is -0.0105. The number of ether oxygens (including phenoxy) is 1. The SMILES string of the molecule is S=C1N[C@@H](c2ccccn2)[C@H](c2cccn2Cc2ccco2)N1CCN1CCOCC1. The number of nitrogens with zero attached hydrogens (tertiary/aromatic N) is 4. The number of aromatic nitrogens is 2. The fourth-order valence-corrected chi connectivity index (χ4v) is 4.78. The predicted molar refractivity (Wildman–Crippen MR) is 122 cm³/mol. The summed E-state index contributed by atoms with van der Waals surface area (Å²) in [7, 11) is 0. The molecule has 31 heavy (non-hydrogen) atoms. The third-order valence-corrected chi connectivity index (χ3v) is 6.38. The van der Waals surface area contributed by atoms with Crippen molar-refractivity contribution < 1.29 is 9.15 Å². The molecule has 3 aromatic heterocycles. The van der Waals surface area contributed by atoms with E-state index in [1.165, 1.54) is 5.69 Å². The van der Waals surface area contributed by atoms with E-state index in [1.54, 1.807) is 6.26 Å². The second-order valence-electron chi connectivity index (χ2n) is 7.91. The summed E-state index contributed by atoms with van der Waals surface area (Å²) in [6.45, 7) is 6.03. The maximum Gasteiger partial charge on any atom is 0.170 e. The highest BCUT2D eigenvalue weighted by Gasteiger charge is 2.41. The normalized spacial score (nSPS) is 22.1. The second-order valence-corrected chi connectivity index (χ2v) is 8.30. The molecule has 2 aliphatic heterocycles. The molecule has 0 saturated carbocycles. The Hall–Kier alpha value is -2.68. The Morgan fingerprint density at radius 1 is 1.06 bits per heavy atom. The molecule has 2 saturated heterocycles. The summed E-state index contributed by atoms with van der Waals surface area (Å²) in [5.74, 6) is 0.931. The Bertz CT molecular complexity index is 985. The van der Waals surface area contributed by atoms with E-state index < -0.39 is 0 Å². The van der Waals surface area contributed by atoms with Gasteiger partial charge in [-0.3, -0.25) is 9.88 Å². The fourth-order valence-electron chi connectivity index (χ4n) is 4.45. The first-order chi connectivity index (χ1) is 15.3. The molecule has 3 aromatic rings. The molecule has 0 spiro atoms. The zero-order valence-electron chi connectivity index (χ0n) is 17.4. The standard InChI is InChI=1S/C23H27N5O2S/c31-23-25-21(19-6-1-2-8-24-19)22(28(23)11-10-26-12-15-29-16-13-26)20-7-3-9-27(20)17-18-5-4-14-30-18/h1-9,14,21-22H,10-13,15-17H2,(H,25,31)/t21-,22-/m0/s1. The molecule has 2 aliphatic rings. The van der Waals surface area contributed by atoms with Gasteiger partial charge >= 0.3 is 0 Å². The molecule has 0 bridgehead atoms. The molecule has 2 fully saturated rings. The number of hydrogen-bond acceptors (Lipinski definition) is 5. The van der Waals surface area contributed by atoms with Crippen molar-refractivity contribution in [2.24, 2.45) is 0 Å². The number of rotatable bonds is 7. The van der Waals surface area contributed by atoms with E-state index in [1.807, 2.05) is 30.5 Å².